The van der Waals surface area contributed by atoms with E-state index in [0.29, 0.717) is 29.6 Å². The number of methoxy groups -OCH3 is 1. The fourth-order valence-electron chi connectivity index (χ4n) is 3.00. The number of pyridine rings is 1. The van der Waals surface area contributed by atoms with Crippen LogP contribution in [0.5, 0.6) is 0 Å². The maximum absolute atomic E-state index is 13.0. The van der Waals surface area contributed by atoms with Crippen molar-refractivity contribution in [2.75, 3.05) is 58.8 Å². The number of piperazine rings is 1. The number of anilines is 1. The Labute approximate surface area is 165 Å². The Morgan fingerprint density at radius 1 is 1.15 bits per heavy atom. The van der Waals surface area contributed by atoms with E-state index in [1.54, 1.807) is 7.11 Å². The highest BCUT2D eigenvalue weighted by atomic mass is 35.5. The summed E-state index contributed by atoms with van der Waals surface area (Å²) in [4.78, 5) is 21.9. The first-order valence-corrected chi connectivity index (χ1v) is 9.44. The molecule has 6 nitrogen and oxygen atoms in total. The molecule has 0 bridgehead atoms. The van der Waals surface area contributed by atoms with Crippen molar-refractivity contribution in [2.24, 2.45) is 0 Å². The molecule has 0 unspecified atom stereocenters. The quantitative estimate of drug-likeness (QED) is 0.771. The summed E-state index contributed by atoms with van der Waals surface area (Å²) in [6.45, 7) is 4.34. The average molecular weight is 389 g/mol. The van der Waals surface area contributed by atoms with Crippen molar-refractivity contribution in [2.45, 2.75) is 0 Å². The lowest BCUT2D eigenvalue weighted by molar-refractivity contribution is 0.0664. The standard InChI is InChI=1S/C20H25ClN4O2/c1-24-10-12-25(13-11-24)20(26)17-7-8-18(15-3-5-16(21)6-4-15)23-19(17)22-9-14-27-2/h3-8H,9-14H2,1-2H3,(H,22,23). The van der Waals surface area contributed by atoms with Crippen molar-refractivity contribution in [3.63, 3.8) is 0 Å². The predicted molar refractivity (Wildman–Crippen MR) is 108 cm³/mol. The van der Waals surface area contributed by atoms with Crippen LogP contribution in [0, 0.1) is 0 Å². The fraction of sp³-hybridized carbons (Fsp3) is 0.400. The summed E-state index contributed by atoms with van der Waals surface area (Å²) in [5.74, 6) is 0.599. The molecule has 27 heavy (non-hydrogen) atoms. The minimum atomic E-state index is 0.0122. The van der Waals surface area contributed by atoms with Crippen LogP contribution in [0.4, 0.5) is 5.82 Å². The number of likely N-dealkylation sites (N-methyl/N-ethyl adjacent to an activating group) is 1. The van der Waals surface area contributed by atoms with Crippen LogP contribution in [0.2, 0.25) is 5.02 Å². The number of hydrogen-bond donors (Lipinski definition) is 1. The lowest BCUT2D eigenvalue weighted by Gasteiger charge is -2.32. The minimum Gasteiger partial charge on any atom is -0.383 e. The Kier molecular flexibility index (Phi) is 6.66. The zero-order valence-corrected chi connectivity index (χ0v) is 16.5. The van der Waals surface area contributed by atoms with E-state index in [1.165, 1.54) is 0 Å². The summed E-state index contributed by atoms with van der Waals surface area (Å²) in [6, 6.07) is 11.2. The van der Waals surface area contributed by atoms with Crippen molar-refractivity contribution in [1.82, 2.24) is 14.8 Å². The van der Waals surface area contributed by atoms with E-state index in [-0.39, 0.29) is 5.91 Å². The molecule has 1 aliphatic heterocycles. The van der Waals surface area contributed by atoms with Gasteiger partial charge in [0.1, 0.15) is 5.82 Å². The molecule has 1 fully saturated rings. The molecule has 1 amide bonds. The van der Waals surface area contributed by atoms with Crippen molar-refractivity contribution in [3.8, 4) is 11.3 Å². The van der Waals surface area contributed by atoms with Gasteiger partial charge in [0.25, 0.3) is 5.91 Å². The molecule has 1 aliphatic rings. The second-order valence-corrected chi connectivity index (χ2v) is 7.05. The number of carbonyl (C=O) groups excluding carboxylic acids is 1. The van der Waals surface area contributed by atoms with E-state index in [4.69, 9.17) is 21.3 Å². The molecule has 0 spiro atoms. The zero-order valence-electron chi connectivity index (χ0n) is 15.7. The average Bonchev–Trinajstić information content (AvgIpc) is 2.69. The third kappa shape index (κ3) is 4.97. The van der Waals surface area contributed by atoms with Gasteiger partial charge in [-0.05, 0) is 31.3 Å². The van der Waals surface area contributed by atoms with Gasteiger partial charge in [-0.2, -0.15) is 0 Å². The molecule has 3 rings (SSSR count). The van der Waals surface area contributed by atoms with Crippen LogP contribution in [0.15, 0.2) is 36.4 Å². The highest BCUT2D eigenvalue weighted by molar-refractivity contribution is 6.30. The van der Waals surface area contributed by atoms with Crippen LogP contribution in [0.1, 0.15) is 10.4 Å². The van der Waals surface area contributed by atoms with Crippen LogP contribution in [-0.2, 0) is 4.74 Å². The number of carbonyl (C=O) groups is 1. The number of amides is 1. The van der Waals surface area contributed by atoms with Gasteiger partial charge in [-0.15, -0.1) is 0 Å². The molecular weight excluding hydrogens is 364 g/mol. The van der Waals surface area contributed by atoms with Gasteiger partial charge < -0.3 is 19.9 Å². The number of benzene rings is 1. The molecule has 1 N–H and O–H groups in total. The van der Waals surface area contributed by atoms with E-state index < -0.39 is 0 Å². The van der Waals surface area contributed by atoms with Crippen LogP contribution >= 0.6 is 11.6 Å². The maximum Gasteiger partial charge on any atom is 0.257 e. The van der Waals surface area contributed by atoms with Crippen LogP contribution in [-0.4, -0.2) is 74.2 Å². The number of halogens is 1. The summed E-state index contributed by atoms with van der Waals surface area (Å²) in [5.41, 5.74) is 2.34. The Balaban J connectivity index is 1.87. The second-order valence-electron chi connectivity index (χ2n) is 6.61. The van der Waals surface area contributed by atoms with Crippen LogP contribution < -0.4 is 5.32 Å². The first-order chi connectivity index (χ1) is 13.1. The van der Waals surface area contributed by atoms with Crippen LogP contribution in [0.3, 0.4) is 0 Å². The van der Waals surface area contributed by atoms with Crippen molar-refractivity contribution in [1.29, 1.82) is 0 Å². The van der Waals surface area contributed by atoms with E-state index >= 15 is 0 Å². The number of nitrogens with one attached hydrogen (secondary N) is 1. The third-order valence-electron chi connectivity index (χ3n) is 4.65. The van der Waals surface area contributed by atoms with E-state index in [1.807, 2.05) is 41.3 Å². The first-order valence-electron chi connectivity index (χ1n) is 9.06. The number of hydrogen-bond acceptors (Lipinski definition) is 5. The highest BCUT2D eigenvalue weighted by Gasteiger charge is 2.23. The third-order valence-corrected chi connectivity index (χ3v) is 4.91. The SMILES string of the molecule is COCCNc1nc(-c2ccc(Cl)cc2)ccc1C(=O)N1CCN(C)CC1. The first kappa shape index (κ1) is 19.6. The van der Waals surface area contributed by atoms with Crippen molar-refractivity contribution < 1.29 is 9.53 Å². The monoisotopic (exact) mass is 388 g/mol. The largest absolute Gasteiger partial charge is 0.383 e. The summed E-state index contributed by atoms with van der Waals surface area (Å²) in [7, 11) is 3.72. The summed E-state index contributed by atoms with van der Waals surface area (Å²) < 4.78 is 5.11. The molecule has 2 aromatic rings. The molecule has 7 heteroatoms. The normalized spacial score (nSPS) is 15.0. The smallest absolute Gasteiger partial charge is 0.257 e. The van der Waals surface area contributed by atoms with Gasteiger partial charge >= 0.3 is 0 Å². The Morgan fingerprint density at radius 2 is 1.85 bits per heavy atom. The van der Waals surface area contributed by atoms with Gasteiger partial charge in [-0.25, -0.2) is 4.98 Å². The molecule has 0 aliphatic carbocycles. The molecule has 0 saturated carbocycles. The summed E-state index contributed by atoms with van der Waals surface area (Å²) in [5, 5.41) is 3.92. The molecule has 0 radical (unpaired) electrons. The summed E-state index contributed by atoms with van der Waals surface area (Å²) in [6.07, 6.45) is 0. The molecule has 2 heterocycles. The molecule has 1 saturated heterocycles. The van der Waals surface area contributed by atoms with Crippen molar-refractivity contribution in [3.05, 3.63) is 47.0 Å². The molecule has 1 aromatic heterocycles. The number of aromatic nitrogens is 1. The summed E-state index contributed by atoms with van der Waals surface area (Å²) >= 11 is 5.98. The number of nitrogens with zero attached hydrogens (tertiary/aromatic N) is 3. The highest BCUT2D eigenvalue weighted by Crippen LogP contribution is 2.24. The Morgan fingerprint density at radius 3 is 2.52 bits per heavy atom. The molecular formula is C20H25ClN4O2. The molecule has 1 aromatic carbocycles. The lowest BCUT2D eigenvalue weighted by atomic mass is 10.1. The van der Waals surface area contributed by atoms with Gasteiger partial charge in [0.05, 0.1) is 17.9 Å². The minimum absolute atomic E-state index is 0.0122. The maximum atomic E-state index is 13.0. The zero-order chi connectivity index (χ0) is 19.2. The lowest BCUT2D eigenvalue weighted by Crippen LogP contribution is -2.47. The van der Waals surface area contributed by atoms with Crippen LogP contribution in [0.25, 0.3) is 11.3 Å². The van der Waals surface area contributed by atoms with Gasteiger partial charge in [0.15, 0.2) is 0 Å². The molecule has 0 atom stereocenters. The van der Waals surface area contributed by atoms with E-state index in [9.17, 15) is 4.79 Å². The van der Waals surface area contributed by atoms with E-state index in [2.05, 4.69) is 17.3 Å². The predicted octanol–water partition coefficient (Wildman–Crippen LogP) is 2.85. The van der Waals surface area contributed by atoms with E-state index in [0.717, 1.165) is 37.4 Å². The van der Waals surface area contributed by atoms with Gasteiger partial charge in [-0.1, -0.05) is 23.7 Å². The van der Waals surface area contributed by atoms with Crippen molar-refractivity contribution >= 4 is 23.3 Å². The van der Waals surface area contributed by atoms with Gasteiger partial charge in [0, 0.05) is 50.4 Å². The fourth-order valence-corrected chi connectivity index (χ4v) is 3.13. The Hall–Kier alpha value is -2.15. The number of ether oxygens (including phenoxy) is 1. The van der Waals surface area contributed by atoms with Gasteiger partial charge in [0.2, 0.25) is 0 Å². The molecule has 144 valence electrons. The van der Waals surface area contributed by atoms with Gasteiger partial charge in [-0.3, -0.25) is 4.79 Å². The Bertz CT molecular complexity index is 774. The second kappa shape index (κ2) is 9.17. The topological polar surface area (TPSA) is 57.7 Å². The number of rotatable bonds is 6.